The van der Waals surface area contributed by atoms with Gasteiger partial charge in [-0.15, -0.1) is 0 Å². The average Bonchev–Trinajstić information content (AvgIpc) is 2.82. The maximum atomic E-state index is 13.9. The summed E-state index contributed by atoms with van der Waals surface area (Å²) in [5.74, 6) is -0.552. The van der Waals surface area contributed by atoms with Crippen molar-refractivity contribution >= 4 is 29.0 Å². The highest BCUT2D eigenvalue weighted by atomic mass is 16.5. The Morgan fingerprint density at radius 2 is 2.00 bits per heavy atom. The van der Waals surface area contributed by atoms with E-state index in [4.69, 9.17) is 0 Å². The molecule has 3 heterocycles. The normalized spacial score (nSPS) is 23.0. The first-order valence-corrected chi connectivity index (χ1v) is 11.4. The Bertz CT molecular complexity index is 1140. The van der Waals surface area contributed by atoms with E-state index in [0.717, 1.165) is 41.6 Å². The molecule has 2 aliphatic rings. The van der Waals surface area contributed by atoms with Gasteiger partial charge in [-0.1, -0.05) is 30.7 Å². The number of esters is 1. The van der Waals surface area contributed by atoms with Gasteiger partial charge in [-0.05, 0) is 44.7 Å². The van der Waals surface area contributed by atoms with Gasteiger partial charge in [0.1, 0.15) is 12.2 Å². The molecular formula is C25H30N4O4. The number of allylic oxidation sites excluding steroid dienone is 3. The summed E-state index contributed by atoms with van der Waals surface area (Å²) in [7, 11) is 1.26. The summed E-state index contributed by atoms with van der Waals surface area (Å²) in [6, 6.07) is 8.58. The second-order valence-electron chi connectivity index (χ2n) is 8.68. The van der Waals surface area contributed by atoms with Crippen molar-refractivity contribution in [1.82, 2.24) is 19.8 Å². The first-order chi connectivity index (χ1) is 16.0. The van der Waals surface area contributed by atoms with E-state index in [1.807, 2.05) is 35.8 Å². The Labute approximate surface area is 192 Å². The molecular weight excluding hydrogens is 420 g/mol. The van der Waals surface area contributed by atoms with Crippen LogP contribution in [0, 0.1) is 0 Å². The number of rotatable bonds is 7. The van der Waals surface area contributed by atoms with Crippen LogP contribution in [0.15, 0.2) is 47.4 Å². The van der Waals surface area contributed by atoms with E-state index in [1.54, 1.807) is 12.2 Å². The second kappa shape index (κ2) is 10.1. The summed E-state index contributed by atoms with van der Waals surface area (Å²) in [5.41, 5.74) is 2.07. The van der Waals surface area contributed by atoms with Crippen LogP contribution in [0.1, 0.15) is 50.8 Å². The molecule has 2 unspecified atom stereocenters. The molecule has 2 atom stereocenters. The number of nitrogens with one attached hydrogen (secondary N) is 1. The van der Waals surface area contributed by atoms with Crippen LogP contribution < -0.4 is 10.9 Å². The number of nitrogens with zero attached hydrogens (tertiary/aromatic N) is 3. The van der Waals surface area contributed by atoms with Crippen LogP contribution in [0.4, 0.5) is 0 Å². The van der Waals surface area contributed by atoms with Crippen LogP contribution in [-0.4, -0.2) is 52.6 Å². The lowest BCUT2D eigenvalue weighted by Crippen LogP contribution is -2.50. The van der Waals surface area contributed by atoms with Crippen LogP contribution in [0.3, 0.4) is 0 Å². The monoisotopic (exact) mass is 450 g/mol. The third kappa shape index (κ3) is 4.90. The number of ether oxygens (including phenoxy) is 1. The minimum Gasteiger partial charge on any atom is -0.468 e. The number of benzene rings is 1. The van der Waals surface area contributed by atoms with Gasteiger partial charge in [-0.25, -0.2) is 4.98 Å². The molecule has 2 saturated heterocycles. The van der Waals surface area contributed by atoms with E-state index >= 15 is 0 Å². The third-order valence-electron chi connectivity index (χ3n) is 6.45. The van der Waals surface area contributed by atoms with Crippen LogP contribution >= 0.6 is 0 Å². The molecule has 0 saturated carbocycles. The van der Waals surface area contributed by atoms with E-state index in [9.17, 15) is 14.4 Å². The summed E-state index contributed by atoms with van der Waals surface area (Å²) >= 11 is 0. The lowest BCUT2D eigenvalue weighted by molar-refractivity contribution is -0.142. The van der Waals surface area contributed by atoms with Gasteiger partial charge in [-0.2, -0.15) is 0 Å². The number of hydrogen-bond acceptors (Lipinski definition) is 6. The first-order valence-electron chi connectivity index (χ1n) is 11.4. The van der Waals surface area contributed by atoms with E-state index in [1.165, 1.54) is 19.7 Å². The zero-order valence-electron chi connectivity index (χ0n) is 19.1. The van der Waals surface area contributed by atoms with Crippen LogP contribution in [0.25, 0.3) is 16.6 Å². The van der Waals surface area contributed by atoms with Gasteiger partial charge in [0.25, 0.3) is 5.56 Å². The maximum Gasteiger partial charge on any atom is 0.325 e. The zero-order valence-corrected chi connectivity index (χ0v) is 19.1. The molecule has 1 amide bonds. The van der Waals surface area contributed by atoms with Gasteiger partial charge < -0.3 is 19.5 Å². The van der Waals surface area contributed by atoms with Crippen molar-refractivity contribution < 1.29 is 14.3 Å². The molecule has 8 nitrogen and oxygen atoms in total. The molecule has 2 fully saturated rings. The lowest BCUT2D eigenvalue weighted by Gasteiger charge is -2.41. The number of fused-ring (bicyclic) bond motifs is 3. The fourth-order valence-corrected chi connectivity index (χ4v) is 5.02. The summed E-state index contributed by atoms with van der Waals surface area (Å²) in [6.45, 7) is 1.58. The summed E-state index contributed by atoms with van der Waals surface area (Å²) in [4.78, 5) is 43.0. The predicted molar refractivity (Wildman–Crippen MR) is 126 cm³/mol. The molecule has 2 bridgehead atoms. The van der Waals surface area contributed by atoms with Crippen molar-refractivity contribution in [2.45, 2.75) is 57.2 Å². The average molecular weight is 451 g/mol. The SMILES string of the molecule is C/C=C\C(=C/N(C=O)CC(=O)OC)c1nc2ccccc2n(C2CC3CCCC(C2)N3)c1=O. The van der Waals surface area contributed by atoms with Gasteiger partial charge in [0.05, 0.1) is 18.1 Å². The number of amides is 1. The Morgan fingerprint density at radius 1 is 1.27 bits per heavy atom. The van der Waals surface area contributed by atoms with E-state index in [2.05, 4.69) is 15.0 Å². The topological polar surface area (TPSA) is 93.5 Å². The number of hydrogen-bond donors (Lipinski definition) is 1. The largest absolute Gasteiger partial charge is 0.468 e. The fraction of sp³-hybridized carbons (Fsp3) is 0.440. The summed E-state index contributed by atoms with van der Waals surface area (Å²) in [5, 5.41) is 3.69. The molecule has 1 aromatic heterocycles. The highest BCUT2D eigenvalue weighted by Gasteiger charge is 2.33. The molecule has 174 valence electrons. The number of carbonyl (C=O) groups excluding carboxylic acids is 2. The molecule has 1 N–H and O–H groups in total. The molecule has 2 aliphatic heterocycles. The molecule has 33 heavy (non-hydrogen) atoms. The smallest absolute Gasteiger partial charge is 0.325 e. The Hall–Kier alpha value is -3.26. The van der Waals surface area contributed by atoms with Gasteiger partial charge in [0.15, 0.2) is 0 Å². The second-order valence-corrected chi connectivity index (χ2v) is 8.68. The number of carbonyl (C=O) groups is 2. The number of aromatic nitrogens is 2. The number of methoxy groups -OCH3 is 1. The molecule has 0 aliphatic carbocycles. The minimum atomic E-state index is -0.552. The Kier molecular flexibility index (Phi) is 7.03. The van der Waals surface area contributed by atoms with Crippen molar-refractivity contribution in [3.05, 3.63) is 58.7 Å². The molecule has 0 radical (unpaired) electrons. The van der Waals surface area contributed by atoms with Crippen molar-refractivity contribution in [2.24, 2.45) is 0 Å². The van der Waals surface area contributed by atoms with Crippen LogP contribution in [0.5, 0.6) is 0 Å². The van der Waals surface area contributed by atoms with Gasteiger partial charge in [-0.3, -0.25) is 14.4 Å². The van der Waals surface area contributed by atoms with Crippen molar-refractivity contribution in [2.75, 3.05) is 13.7 Å². The molecule has 4 rings (SSSR count). The fourth-order valence-electron chi connectivity index (χ4n) is 5.02. The first kappa shape index (κ1) is 22.9. The predicted octanol–water partition coefficient (Wildman–Crippen LogP) is 2.79. The molecule has 8 heteroatoms. The van der Waals surface area contributed by atoms with E-state index in [0.29, 0.717) is 24.1 Å². The van der Waals surface area contributed by atoms with E-state index < -0.39 is 5.97 Å². The van der Waals surface area contributed by atoms with Crippen molar-refractivity contribution in [1.29, 1.82) is 0 Å². The molecule has 2 aromatic rings. The zero-order chi connectivity index (χ0) is 23.4. The molecule has 0 spiro atoms. The Balaban J connectivity index is 1.84. The van der Waals surface area contributed by atoms with Gasteiger partial charge in [0, 0.05) is 29.9 Å². The number of piperidine rings is 2. The highest BCUT2D eigenvalue weighted by Crippen LogP contribution is 2.33. The highest BCUT2D eigenvalue weighted by molar-refractivity contribution is 5.81. The summed E-state index contributed by atoms with van der Waals surface area (Å²) < 4.78 is 6.57. The third-order valence-corrected chi connectivity index (χ3v) is 6.45. The lowest BCUT2D eigenvalue weighted by atomic mass is 9.83. The minimum absolute atomic E-state index is 0.0739. The summed E-state index contributed by atoms with van der Waals surface area (Å²) in [6.07, 6.45) is 10.8. The van der Waals surface area contributed by atoms with Crippen LogP contribution in [0.2, 0.25) is 0 Å². The molecule has 1 aromatic carbocycles. The van der Waals surface area contributed by atoms with Crippen molar-refractivity contribution in [3.8, 4) is 0 Å². The standard InChI is InChI=1S/C25H30N4O4/c1-3-7-17(14-28(16-30)15-23(31)33-2)24-25(32)29(22-11-5-4-10-21(22)27-24)20-12-18-8-6-9-19(13-20)26-18/h3-5,7,10-11,14,16,18-20,26H,6,8-9,12-13,15H2,1-2H3/b7-3-,17-14+. The quantitative estimate of drug-likeness (QED) is 0.396. The van der Waals surface area contributed by atoms with Gasteiger partial charge in [0.2, 0.25) is 6.41 Å². The Morgan fingerprint density at radius 3 is 2.67 bits per heavy atom. The van der Waals surface area contributed by atoms with Crippen molar-refractivity contribution in [3.63, 3.8) is 0 Å². The van der Waals surface area contributed by atoms with Crippen LogP contribution in [-0.2, 0) is 14.3 Å². The van der Waals surface area contributed by atoms with Gasteiger partial charge >= 0.3 is 5.97 Å². The number of para-hydroxylation sites is 2. The maximum absolute atomic E-state index is 13.9. The van der Waals surface area contributed by atoms with E-state index in [-0.39, 0.29) is 23.8 Å².